The number of hydrogen-bond donors (Lipinski definition) is 3. The largest absolute Gasteiger partial charge is 0.491 e. The number of amides is 1. The van der Waals surface area contributed by atoms with Gasteiger partial charge in [0.1, 0.15) is 24.1 Å². The van der Waals surface area contributed by atoms with Crippen LogP contribution in [0, 0.1) is 0 Å². The number of carboxylic acids is 1. The van der Waals surface area contributed by atoms with Gasteiger partial charge in [-0.2, -0.15) is 0 Å². The molecule has 0 saturated heterocycles. The van der Waals surface area contributed by atoms with Gasteiger partial charge in [-0.05, 0) is 86.7 Å². The number of rotatable bonds is 18. The van der Waals surface area contributed by atoms with E-state index in [-0.39, 0.29) is 0 Å². The minimum absolute atomic E-state index is 0.352. The molecule has 0 fully saturated rings. The van der Waals surface area contributed by atoms with Gasteiger partial charge in [0.05, 0.1) is 18.9 Å². The summed E-state index contributed by atoms with van der Waals surface area (Å²) in [6, 6.07) is 32.6. The van der Waals surface area contributed by atoms with Crippen molar-refractivity contribution in [3.8, 4) is 11.5 Å². The Morgan fingerprint density at radius 2 is 1.41 bits per heavy atom. The quantitative estimate of drug-likeness (QED) is 0.0908. The Labute approximate surface area is 291 Å². The molecule has 0 radical (unpaired) electrons. The van der Waals surface area contributed by atoms with Crippen molar-refractivity contribution in [1.82, 2.24) is 5.32 Å². The lowest BCUT2D eigenvalue weighted by Crippen LogP contribution is -2.38. The fourth-order valence-electron chi connectivity index (χ4n) is 4.90. The van der Waals surface area contributed by atoms with Crippen LogP contribution in [0.2, 0.25) is 0 Å². The molecule has 0 aliphatic carbocycles. The maximum atomic E-state index is 11.8. The SMILES string of the molecule is CCCCOc1ccccc1NC(=O)OCC.CCN(CC)c1ccc(CNC(Cc2ccc(OCc3ccccc3)cc2)C(=O)O)cc1. The minimum atomic E-state index is -0.853. The highest BCUT2D eigenvalue weighted by atomic mass is 16.5. The second-order valence-corrected chi connectivity index (χ2v) is 11.3. The maximum absolute atomic E-state index is 11.8. The van der Waals surface area contributed by atoms with Gasteiger partial charge in [0, 0.05) is 25.3 Å². The lowest BCUT2D eigenvalue weighted by Gasteiger charge is -2.21. The molecule has 0 aromatic heterocycles. The summed E-state index contributed by atoms with van der Waals surface area (Å²) in [5, 5.41) is 15.5. The van der Waals surface area contributed by atoms with Crippen LogP contribution in [0.5, 0.6) is 11.5 Å². The molecule has 1 atom stereocenters. The number of unbranched alkanes of at least 4 members (excludes halogenated alkanes) is 1. The summed E-state index contributed by atoms with van der Waals surface area (Å²) in [5.41, 5.74) is 4.95. The van der Waals surface area contributed by atoms with Crippen LogP contribution in [-0.4, -0.2) is 49.5 Å². The van der Waals surface area contributed by atoms with E-state index in [1.165, 1.54) is 5.69 Å². The predicted molar refractivity (Wildman–Crippen MR) is 197 cm³/mol. The number of hydrogen-bond acceptors (Lipinski definition) is 7. The number of nitrogens with one attached hydrogen (secondary N) is 2. The van der Waals surface area contributed by atoms with Gasteiger partial charge >= 0.3 is 12.1 Å². The summed E-state index contributed by atoms with van der Waals surface area (Å²) < 4.78 is 16.2. The van der Waals surface area contributed by atoms with Crippen molar-refractivity contribution in [3.63, 3.8) is 0 Å². The second kappa shape index (κ2) is 21.8. The molecule has 49 heavy (non-hydrogen) atoms. The number of aliphatic carboxylic acids is 1. The topological polar surface area (TPSA) is 109 Å². The first kappa shape index (κ1) is 38.4. The van der Waals surface area contributed by atoms with E-state index in [4.69, 9.17) is 14.2 Å². The third kappa shape index (κ3) is 13.9. The van der Waals surface area contributed by atoms with Crippen LogP contribution in [0.4, 0.5) is 16.2 Å². The first-order valence-electron chi connectivity index (χ1n) is 17.1. The Bertz CT molecular complexity index is 1510. The predicted octanol–water partition coefficient (Wildman–Crippen LogP) is 8.33. The monoisotopic (exact) mass is 669 g/mol. The first-order valence-corrected chi connectivity index (χ1v) is 17.1. The van der Waals surface area contributed by atoms with Crippen molar-refractivity contribution < 1.29 is 28.9 Å². The highest BCUT2D eigenvalue weighted by molar-refractivity contribution is 5.86. The number of benzene rings is 4. The highest BCUT2D eigenvalue weighted by Crippen LogP contribution is 2.24. The van der Waals surface area contributed by atoms with E-state index in [9.17, 15) is 14.7 Å². The van der Waals surface area contributed by atoms with Crippen molar-refractivity contribution in [1.29, 1.82) is 0 Å². The number of carboxylic acid groups (broad SMARTS) is 1. The molecule has 0 aliphatic heterocycles. The fraction of sp³-hybridized carbons (Fsp3) is 0.350. The summed E-state index contributed by atoms with van der Waals surface area (Å²) >= 11 is 0. The normalized spacial score (nSPS) is 11.0. The number of carbonyl (C=O) groups is 2. The van der Waals surface area contributed by atoms with Crippen LogP contribution in [0.1, 0.15) is 57.2 Å². The summed E-state index contributed by atoms with van der Waals surface area (Å²) in [4.78, 5) is 25.4. The molecule has 0 bridgehead atoms. The number of nitrogens with zero attached hydrogens (tertiary/aromatic N) is 1. The standard InChI is InChI=1S/C27H32N2O3.C13H19NO3/c1-3-29(4-2)24-14-10-22(11-15-24)19-28-26(27(30)31)18-21-12-16-25(17-13-21)32-20-23-8-6-5-7-9-23;1-3-5-10-17-12-9-7-6-8-11(12)14-13(15)16-4-2/h5-17,26,28H,3-4,18-20H2,1-2H3,(H,30,31);6-9H,3-5,10H2,1-2H3,(H,14,15). The number of anilines is 2. The molecule has 0 saturated carbocycles. The van der Waals surface area contributed by atoms with Gasteiger partial charge < -0.3 is 29.5 Å². The molecule has 4 aromatic rings. The fourth-order valence-corrected chi connectivity index (χ4v) is 4.90. The molecule has 0 spiro atoms. The molecule has 4 aromatic carbocycles. The number of para-hydroxylation sites is 2. The molecular weight excluding hydrogens is 618 g/mol. The molecule has 9 heteroatoms. The Morgan fingerprint density at radius 1 is 0.755 bits per heavy atom. The number of carbonyl (C=O) groups excluding carboxylic acids is 1. The van der Waals surface area contributed by atoms with E-state index >= 15 is 0 Å². The van der Waals surface area contributed by atoms with Crippen LogP contribution < -0.4 is 25.0 Å². The lowest BCUT2D eigenvalue weighted by atomic mass is 10.1. The van der Waals surface area contributed by atoms with Crippen molar-refractivity contribution >= 4 is 23.4 Å². The van der Waals surface area contributed by atoms with E-state index in [1.54, 1.807) is 13.0 Å². The molecular formula is C40H51N3O6. The van der Waals surface area contributed by atoms with Crippen LogP contribution in [0.15, 0.2) is 103 Å². The smallest absolute Gasteiger partial charge is 0.411 e. The van der Waals surface area contributed by atoms with Crippen molar-refractivity contribution in [2.24, 2.45) is 0 Å². The minimum Gasteiger partial charge on any atom is -0.491 e. The second-order valence-electron chi connectivity index (χ2n) is 11.3. The first-order chi connectivity index (χ1) is 23.9. The van der Waals surface area contributed by atoms with E-state index in [0.29, 0.717) is 44.2 Å². The summed E-state index contributed by atoms with van der Waals surface area (Å²) in [6.45, 7) is 12.1. The van der Waals surface area contributed by atoms with Crippen molar-refractivity contribution in [2.45, 2.75) is 66.2 Å². The average molecular weight is 670 g/mol. The molecule has 3 N–H and O–H groups in total. The molecule has 1 amide bonds. The van der Waals surface area contributed by atoms with Crippen LogP contribution >= 0.6 is 0 Å². The maximum Gasteiger partial charge on any atom is 0.411 e. The zero-order chi connectivity index (χ0) is 35.3. The van der Waals surface area contributed by atoms with Crippen LogP contribution in [0.3, 0.4) is 0 Å². The van der Waals surface area contributed by atoms with Crippen molar-refractivity contribution in [3.05, 3.63) is 120 Å². The van der Waals surface area contributed by atoms with Gasteiger partial charge in [-0.3, -0.25) is 10.1 Å². The van der Waals surface area contributed by atoms with Gasteiger partial charge in [-0.1, -0.05) is 80.1 Å². The van der Waals surface area contributed by atoms with Gasteiger partial charge in [0.25, 0.3) is 0 Å². The average Bonchev–Trinajstić information content (AvgIpc) is 3.12. The van der Waals surface area contributed by atoms with E-state index < -0.39 is 18.1 Å². The molecule has 0 heterocycles. The van der Waals surface area contributed by atoms with Gasteiger partial charge in [0.15, 0.2) is 0 Å². The Morgan fingerprint density at radius 3 is 2.04 bits per heavy atom. The van der Waals surface area contributed by atoms with Gasteiger partial charge in [-0.25, -0.2) is 4.79 Å². The third-order valence-electron chi connectivity index (χ3n) is 7.68. The summed E-state index contributed by atoms with van der Waals surface area (Å²) in [5.74, 6) is 0.592. The van der Waals surface area contributed by atoms with Gasteiger partial charge in [0.2, 0.25) is 0 Å². The highest BCUT2D eigenvalue weighted by Gasteiger charge is 2.17. The summed E-state index contributed by atoms with van der Waals surface area (Å²) in [6.07, 6.45) is 2.02. The molecule has 4 rings (SSSR count). The zero-order valence-electron chi connectivity index (χ0n) is 29.2. The van der Waals surface area contributed by atoms with Crippen LogP contribution in [0.25, 0.3) is 0 Å². The third-order valence-corrected chi connectivity index (χ3v) is 7.68. The van der Waals surface area contributed by atoms with Gasteiger partial charge in [-0.15, -0.1) is 0 Å². The van der Waals surface area contributed by atoms with Crippen molar-refractivity contribution in [2.75, 3.05) is 36.5 Å². The Balaban J connectivity index is 0.000000323. The summed E-state index contributed by atoms with van der Waals surface area (Å²) in [7, 11) is 0. The number of ether oxygens (including phenoxy) is 3. The van der Waals surface area contributed by atoms with E-state index in [0.717, 1.165) is 48.4 Å². The van der Waals surface area contributed by atoms with E-state index in [2.05, 4.69) is 60.6 Å². The zero-order valence-corrected chi connectivity index (χ0v) is 29.2. The molecule has 9 nitrogen and oxygen atoms in total. The van der Waals surface area contributed by atoms with Crippen LogP contribution in [-0.2, 0) is 29.1 Å². The molecule has 262 valence electrons. The van der Waals surface area contributed by atoms with E-state index in [1.807, 2.05) is 72.8 Å². The Kier molecular flexibility index (Phi) is 17.1. The lowest BCUT2D eigenvalue weighted by molar-refractivity contribution is -0.139. The molecule has 0 aliphatic rings. The Hall–Kier alpha value is -5.02. The molecule has 1 unspecified atom stereocenters.